The molecule has 0 aromatic carbocycles. The molecule has 18 heavy (non-hydrogen) atoms. The van der Waals surface area contributed by atoms with E-state index in [2.05, 4.69) is 6.92 Å². The van der Waals surface area contributed by atoms with Crippen LogP contribution in [-0.2, 0) is 0 Å². The maximum atomic E-state index is 9.98. The first-order valence-electron chi connectivity index (χ1n) is 8.51. The van der Waals surface area contributed by atoms with Crippen molar-refractivity contribution in [3.05, 3.63) is 0 Å². The van der Waals surface area contributed by atoms with E-state index in [4.69, 9.17) is 0 Å². The standard InChI is InChI=1S/C17H34O/c1-2-3-4-5-6-10-13-17(18)15-14-16-11-8-7-9-12-16/h16-18H,2-15H2,1H3. The molecule has 1 unspecified atom stereocenters. The van der Waals surface area contributed by atoms with Crippen LogP contribution in [-0.4, -0.2) is 11.2 Å². The fourth-order valence-corrected chi connectivity index (χ4v) is 3.21. The van der Waals surface area contributed by atoms with E-state index < -0.39 is 0 Å². The number of aliphatic hydroxyl groups excluding tert-OH is 1. The van der Waals surface area contributed by atoms with Gasteiger partial charge < -0.3 is 5.11 Å². The Morgan fingerprint density at radius 3 is 2.28 bits per heavy atom. The monoisotopic (exact) mass is 254 g/mol. The Morgan fingerprint density at radius 1 is 0.889 bits per heavy atom. The fraction of sp³-hybridized carbons (Fsp3) is 1.00. The molecular weight excluding hydrogens is 220 g/mol. The van der Waals surface area contributed by atoms with Crippen LogP contribution in [0.5, 0.6) is 0 Å². The molecule has 1 aliphatic carbocycles. The lowest BCUT2D eigenvalue weighted by Crippen LogP contribution is -2.12. The summed E-state index contributed by atoms with van der Waals surface area (Å²) in [7, 11) is 0. The van der Waals surface area contributed by atoms with Gasteiger partial charge in [-0.3, -0.25) is 0 Å². The third-order valence-corrected chi connectivity index (χ3v) is 4.52. The summed E-state index contributed by atoms with van der Waals surface area (Å²) in [4.78, 5) is 0. The van der Waals surface area contributed by atoms with E-state index in [1.807, 2.05) is 0 Å². The van der Waals surface area contributed by atoms with Crippen LogP contribution in [0.2, 0.25) is 0 Å². The molecule has 0 saturated heterocycles. The molecule has 0 heterocycles. The van der Waals surface area contributed by atoms with Crippen LogP contribution >= 0.6 is 0 Å². The lowest BCUT2D eigenvalue weighted by atomic mass is 9.85. The highest BCUT2D eigenvalue weighted by atomic mass is 16.3. The van der Waals surface area contributed by atoms with Crippen molar-refractivity contribution >= 4 is 0 Å². The summed E-state index contributed by atoms with van der Waals surface area (Å²) in [5.41, 5.74) is 0. The van der Waals surface area contributed by atoms with Gasteiger partial charge in [-0.2, -0.15) is 0 Å². The molecule has 0 radical (unpaired) electrons. The van der Waals surface area contributed by atoms with Crippen LogP contribution in [0.3, 0.4) is 0 Å². The summed E-state index contributed by atoms with van der Waals surface area (Å²) < 4.78 is 0. The Balaban J connectivity index is 1.88. The molecule has 1 heteroatoms. The Hall–Kier alpha value is -0.0400. The van der Waals surface area contributed by atoms with Crippen LogP contribution in [0.1, 0.15) is 96.8 Å². The molecule has 0 spiro atoms. The summed E-state index contributed by atoms with van der Waals surface area (Å²) in [5, 5.41) is 9.98. The normalized spacial score (nSPS) is 19.0. The van der Waals surface area contributed by atoms with E-state index in [0.717, 1.165) is 18.8 Å². The average Bonchev–Trinajstić information content (AvgIpc) is 2.41. The highest BCUT2D eigenvalue weighted by Gasteiger charge is 2.14. The van der Waals surface area contributed by atoms with Crippen molar-refractivity contribution in [2.24, 2.45) is 5.92 Å². The van der Waals surface area contributed by atoms with Crippen molar-refractivity contribution in [3.8, 4) is 0 Å². The van der Waals surface area contributed by atoms with E-state index in [9.17, 15) is 5.11 Å². The van der Waals surface area contributed by atoms with E-state index in [-0.39, 0.29) is 6.10 Å². The summed E-state index contributed by atoms with van der Waals surface area (Å²) in [6.45, 7) is 2.26. The lowest BCUT2D eigenvalue weighted by Gasteiger charge is -2.22. The smallest absolute Gasteiger partial charge is 0.0540 e. The van der Waals surface area contributed by atoms with Crippen LogP contribution in [0.15, 0.2) is 0 Å². The van der Waals surface area contributed by atoms with Gasteiger partial charge in [0.25, 0.3) is 0 Å². The molecule has 1 fully saturated rings. The van der Waals surface area contributed by atoms with Gasteiger partial charge >= 0.3 is 0 Å². The maximum absolute atomic E-state index is 9.98. The Labute approximate surface area is 114 Å². The van der Waals surface area contributed by atoms with Crippen molar-refractivity contribution in [2.75, 3.05) is 0 Å². The van der Waals surface area contributed by atoms with Gasteiger partial charge in [0.15, 0.2) is 0 Å². The zero-order chi connectivity index (χ0) is 13.1. The average molecular weight is 254 g/mol. The van der Waals surface area contributed by atoms with Gasteiger partial charge in [-0.1, -0.05) is 77.6 Å². The van der Waals surface area contributed by atoms with E-state index in [1.54, 1.807) is 0 Å². The second-order valence-electron chi connectivity index (χ2n) is 6.29. The molecule has 1 saturated carbocycles. The Kier molecular flexibility index (Phi) is 9.65. The van der Waals surface area contributed by atoms with Crippen molar-refractivity contribution in [1.82, 2.24) is 0 Å². The minimum atomic E-state index is -0.0156. The molecule has 0 aromatic heterocycles. The maximum Gasteiger partial charge on any atom is 0.0540 e. The van der Waals surface area contributed by atoms with Gasteiger partial charge in [0.05, 0.1) is 6.10 Å². The van der Waals surface area contributed by atoms with Gasteiger partial charge in [0.2, 0.25) is 0 Å². The molecule has 1 nitrogen and oxygen atoms in total. The minimum absolute atomic E-state index is 0.0156. The number of rotatable bonds is 10. The summed E-state index contributed by atoms with van der Waals surface area (Å²) >= 11 is 0. The molecule has 1 atom stereocenters. The van der Waals surface area contributed by atoms with Crippen LogP contribution in [0, 0.1) is 5.92 Å². The highest BCUT2D eigenvalue weighted by Crippen LogP contribution is 2.28. The molecule has 1 aliphatic rings. The lowest BCUT2D eigenvalue weighted by molar-refractivity contribution is 0.137. The Bertz CT molecular complexity index is 172. The van der Waals surface area contributed by atoms with Gasteiger partial charge in [-0.05, 0) is 25.2 Å². The topological polar surface area (TPSA) is 20.2 Å². The largest absolute Gasteiger partial charge is 0.393 e. The van der Waals surface area contributed by atoms with Gasteiger partial charge in [0, 0.05) is 0 Å². The first-order valence-corrected chi connectivity index (χ1v) is 8.51. The summed E-state index contributed by atoms with van der Waals surface area (Å²) in [6, 6.07) is 0. The van der Waals surface area contributed by atoms with Crippen LogP contribution < -0.4 is 0 Å². The summed E-state index contributed by atoms with van der Waals surface area (Å²) in [5.74, 6) is 0.929. The first-order chi connectivity index (χ1) is 8.83. The molecule has 108 valence electrons. The number of unbranched alkanes of at least 4 members (excludes halogenated alkanes) is 5. The Morgan fingerprint density at radius 2 is 1.56 bits per heavy atom. The number of hydrogen-bond acceptors (Lipinski definition) is 1. The van der Waals surface area contributed by atoms with Gasteiger partial charge in [0.1, 0.15) is 0 Å². The minimum Gasteiger partial charge on any atom is -0.393 e. The van der Waals surface area contributed by atoms with Crippen LogP contribution in [0.4, 0.5) is 0 Å². The zero-order valence-electron chi connectivity index (χ0n) is 12.5. The predicted octanol–water partition coefficient (Wildman–Crippen LogP) is 5.46. The van der Waals surface area contributed by atoms with Gasteiger partial charge in [-0.25, -0.2) is 0 Å². The van der Waals surface area contributed by atoms with Crippen molar-refractivity contribution in [3.63, 3.8) is 0 Å². The van der Waals surface area contributed by atoms with Crippen LogP contribution in [0.25, 0.3) is 0 Å². The van der Waals surface area contributed by atoms with Crippen molar-refractivity contribution in [2.45, 2.75) is 103 Å². The molecule has 0 bridgehead atoms. The fourth-order valence-electron chi connectivity index (χ4n) is 3.21. The molecule has 0 aliphatic heterocycles. The quantitative estimate of drug-likeness (QED) is 0.513. The summed E-state index contributed by atoms with van der Waals surface area (Å²) in [6.07, 6.45) is 18.5. The molecule has 1 rings (SSSR count). The molecule has 0 aromatic rings. The first kappa shape index (κ1) is 16.0. The second-order valence-corrected chi connectivity index (χ2v) is 6.29. The van der Waals surface area contributed by atoms with Gasteiger partial charge in [-0.15, -0.1) is 0 Å². The van der Waals surface area contributed by atoms with Crippen molar-refractivity contribution in [1.29, 1.82) is 0 Å². The third kappa shape index (κ3) is 8.13. The highest BCUT2D eigenvalue weighted by molar-refractivity contribution is 4.68. The van der Waals surface area contributed by atoms with E-state index in [1.165, 1.54) is 77.0 Å². The van der Waals surface area contributed by atoms with E-state index >= 15 is 0 Å². The molecule has 1 N–H and O–H groups in total. The molecule has 0 amide bonds. The number of aliphatic hydroxyl groups is 1. The second kappa shape index (κ2) is 10.8. The van der Waals surface area contributed by atoms with Crippen molar-refractivity contribution < 1.29 is 5.11 Å². The molecular formula is C17H34O. The SMILES string of the molecule is CCCCCCCCC(O)CCC1CCCCC1. The van der Waals surface area contributed by atoms with E-state index in [0.29, 0.717) is 0 Å². The zero-order valence-corrected chi connectivity index (χ0v) is 12.5. The number of hydrogen-bond donors (Lipinski definition) is 1. The third-order valence-electron chi connectivity index (χ3n) is 4.52. The predicted molar refractivity (Wildman–Crippen MR) is 79.8 cm³/mol.